The fourth-order valence-electron chi connectivity index (χ4n) is 2.72. The summed E-state index contributed by atoms with van der Waals surface area (Å²) in [6.07, 6.45) is 2.92. The second-order valence-electron chi connectivity index (χ2n) is 6.53. The number of aromatic amines is 1. The molecule has 1 aromatic carbocycles. The largest absolute Gasteiger partial charge is 1.00 e. The van der Waals surface area contributed by atoms with Crippen LogP contribution in [0.4, 0.5) is 0 Å². The van der Waals surface area contributed by atoms with Gasteiger partial charge in [0.25, 0.3) is 11.5 Å². The van der Waals surface area contributed by atoms with Gasteiger partial charge in [0.2, 0.25) is 0 Å². The SMILES string of the molecule is Cc1nc(C)c(=O)[nH]c1CCCCNC(=O)[C@@H]([NH3+])Cc1ccc(O)cc1.[Cl-]. The van der Waals surface area contributed by atoms with Crippen molar-refractivity contribution < 1.29 is 28.0 Å². The van der Waals surface area contributed by atoms with Crippen LogP contribution in [0.15, 0.2) is 29.1 Å². The number of aryl methyl sites for hydroxylation is 3. The maximum absolute atomic E-state index is 12.1. The van der Waals surface area contributed by atoms with Crippen LogP contribution in [0.2, 0.25) is 0 Å². The van der Waals surface area contributed by atoms with Crippen LogP contribution in [0.25, 0.3) is 0 Å². The minimum atomic E-state index is -0.376. The number of amides is 1. The first-order chi connectivity index (χ1) is 12.4. The molecule has 27 heavy (non-hydrogen) atoms. The number of benzene rings is 1. The molecule has 2 rings (SSSR count). The third-order valence-electron chi connectivity index (χ3n) is 4.31. The van der Waals surface area contributed by atoms with Crippen molar-refractivity contribution in [3.63, 3.8) is 0 Å². The van der Waals surface area contributed by atoms with Crippen LogP contribution in [0.1, 0.15) is 35.5 Å². The molecule has 0 saturated carbocycles. The summed E-state index contributed by atoms with van der Waals surface area (Å²) in [5.74, 6) is 0.124. The van der Waals surface area contributed by atoms with Gasteiger partial charge in [-0.1, -0.05) is 12.1 Å². The minimum Gasteiger partial charge on any atom is -1.00 e. The smallest absolute Gasteiger partial charge is 0.278 e. The van der Waals surface area contributed by atoms with Gasteiger partial charge in [-0.2, -0.15) is 0 Å². The van der Waals surface area contributed by atoms with Crippen LogP contribution in [0.5, 0.6) is 5.75 Å². The topological polar surface area (TPSA) is 123 Å². The first-order valence-electron chi connectivity index (χ1n) is 8.82. The molecule has 0 spiro atoms. The number of hydrogen-bond donors (Lipinski definition) is 4. The summed E-state index contributed by atoms with van der Waals surface area (Å²) in [5.41, 5.74) is 6.91. The number of halogens is 1. The number of nitrogens with one attached hydrogen (secondary N) is 2. The molecule has 1 aromatic heterocycles. The average molecular weight is 395 g/mol. The van der Waals surface area contributed by atoms with Crippen molar-refractivity contribution in [1.29, 1.82) is 0 Å². The molecule has 0 unspecified atom stereocenters. The van der Waals surface area contributed by atoms with Crippen molar-refractivity contribution in [2.24, 2.45) is 0 Å². The number of hydrogen-bond acceptors (Lipinski definition) is 4. The molecule has 1 heterocycles. The van der Waals surface area contributed by atoms with Crippen LogP contribution in [0, 0.1) is 13.8 Å². The van der Waals surface area contributed by atoms with Gasteiger partial charge < -0.3 is 33.5 Å². The van der Waals surface area contributed by atoms with Gasteiger partial charge in [0.05, 0.1) is 5.69 Å². The van der Waals surface area contributed by atoms with Crippen LogP contribution in [-0.4, -0.2) is 33.6 Å². The number of rotatable bonds is 8. The molecule has 0 aliphatic heterocycles. The Hall–Kier alpha value is -2.38. The Bertz CT molecular complexity index is 806. The number of phenols is 1. The van der Waals surface area contributed by atoms with Gasteiger partial charge >= 0.3 is 0 Å². The number of phenolic OH excluding ortho intramolecular Hbond substituents is 1. The number of carbonyl (C=O) groups excluding carboxylic acids is 1. The summed E-state index contributed by atoms with van der Waals surface area (Å²) in [6, 6.07) is 6.41. The highest BCUT2D eigenvalue weighted by Crippen LogP contribution is 2.10. The van der Waals surface area contributed by atoms with E-state index in [0.29, 0.717) is 18.7 Å². The van der Waals surface area contributed by atoms with E-state index in [1.54, 1.807) is 31.2 Å². The summed E-state index contributed by atoms with van der Waals surface area (Å²) in [7, 11) is 0. The van der Waals surface area contributed by atoms with Crippen molar-refractivity contribution in [3.05, 3.63) is 57.3 Å². The fraction of sp³-hybridized carbons (Fsp3) is 0.421. The summed E-state index contributed by atoms with van der Waals surface area (Å²) in [5, 5.41) is 12.2. The Morgan fingerprint density at radius 2 is 1.89 bits per heavy atom. The number of H-pyrrole nitrogens is 1. The van der Waals surface area contributed by atoms with E-state index in [1.807, 2.05) is 6.92 Å². The lowest BCUT2D eigenvalue weighted by Crippen LogP contribution is -3.00. The Labute approximate surface area is 164 Å². The lowest BCUT2D eigenvalue weighted by molar-refractivity contribution is -0.403. The number of aromatic nitrogens is 2. The van der Waals surface area contributed by atoms with Crippen molar-refractivity contribution in [1.82, 2.24) is 15.3 Å². The molecule has 1 atom stereocenters. The third kappa shape index (κ3) is 7.03. The Kier molecular flexibility index (Phi) is 8.97. The van der Waals surface area contributed by atoms with E-state index < -0.39 is 0 Å². The third-order valence-corrected chi connectivity index (χ3v) is 4.31. The van der Waals surface area contributed by atoms with Crippen molar-refractivity contribution in [2.75, 3.05) is 6.54 Å². The normalized spacial score (nSPS) is 11.5. The van der Waals surface area contributed by atoms with Gasteiger partial charge in [0.15, 0.2) is 6.04 Å². The van der Waals surface area contributed by atoms with Crippen molar-refractivity contribution in [3.8, 4) is 5.75 Å². The van der Waals surface area contributed by atoms with E-state index in [4.69, 9.17) is 0 Å². The van der Waals surface area contributed by atoms with Crippen LogP contribution in [0.3, 0.4) is 0 Å². The first kappa shape index (κ1) is 22.7. The molecule has 0 radical (unpaired) electrons. The summed E-state index contributed by atoms with van der Waals surface area (Å²) < 4.78 is 0. The number of carbonyl (C=O) groups is 1. The average Bonchev–Trinajstić information content (AvgIpc) is 2.60. The summed E-state index contributed by atoms with van der Waals surface area (Å²) in [4.78, 5) is 30.8. The Morgan fingerprint density at radius 3 is 2.56 bits per heavy atom. The molecule has 0 saturated heterocycles. The minimum absolute atomic E-state index is 0. The van der Waals surface area contributed by atoms with Gasteiger partial charge in [-0.05, 0) is 50.8 Å². The maximum atomic E-state index is 12.1. The van der Waals surface area contributed by atoms with E-state index in [2.05, 4.69) is 21.0 Å². The monoisotopic (exact) mass is 394 g/mol. The Balaban J connectivity index is 0.00000364. The molecule has 0 bridgehead atoms. The molecular weight excluding hydrogens is 368 g/mol. The molecule has 0 aliphatic carbocycles. The predicted molar refractivity (Wildman–Crippen MR) is 98.8 cm³/mol. The van der Waals surface area contributed by atoms with Crippen molar-refractivity contribution >= 4 is 5.91 Å². The van der Waals surface area contributed by atoms with Crippen molar-refractivity contribution in [2.45, 2.75) is 45.6 Å². The molecule has 0 aliphatic rings. The highest BCUT2D eigenvalue weighted by molar-refractivity contribution is 5.80. The van der Waals surface area contributed by atoms with Crippen LogP contribution < -0.4 is 29.0 Å². The number of aromatic hydroxyl groups is 1. The zero-order valence-electron chi connectivity index (χ0n) is 15.7. The molecule has 2 aromatic rings. The molecule has 0 fully saturated rings. The molecular formula is C19H27ClN4O3. The van der Waals surface area contributed by atoms with E-state index in [0.717, 1.165) is 36.2 Å². The quantitative estimate of drug-likeness (QED) is 0.366. The van der Waals surface area contributed by atoms with Gasteiger partial charge in [-0.3, -0.25) is 14.6 Å². The molecule has 148 valence electrons. The van der Waals surface area contributed by atoms with Crippen LogP contribution in [-0.2, 0) is 17.6 Å². The van der Waals surface area contributed by atoms with E-state index in [-0.39, 0.29) is 35.7 Å². The Morgan fingerprint density at radius 1 is 1.22 bits per heavy atom. The van der Waals surface area contributed by atoms with Gasteiger partial charge in [0.1, 0.15) is 11.4 Å². The fourth-order valence-corrected chi connectivity index (χ4v) is 2.72. The lowest BCUT2D eigenvalue weighted by atomic mass is 10.1. The number of unbranched alkanes of at least 4 members (excludes halogenated alkanes) is 1. The highest BCUT2D eigenvalue weighted by atomic mass is 35.5. The van der Waals surface area contributed by atoms with Crippen LogP contribution >= 0.6 is 0 Å². The summed E-state index contributed by atoms with van der Waals surface area (Å²) in [6.45, 7) is 4.15. The first-order valence-corrected chi connectivity index (χ1v) is 8.82. The molecule has 7 nitrogen and oxygen atoms in total. The molecule has 6 N–H and O–H groups in total. The molecule has 1 amide bonds. The van der Waals surface area contributed by atoms with E-state index >= 15 is 0 Å². The van der Waals surface area contributed by atoms with Gasteiger partial charge in [0, 0.05) is 18.7 Å². The second-order valence-corrected chi connectivity index (χ2v) is 6.53. The zero-order valence-corrected chi connectivity index (χ0v) is 16.5. The lowest BCUT2D eigenvalue weighted by Gasteiger charge is -2.10. The van der Waals surface area contributed by atoms with Gasteiger partial charge in [-0.15, -0.1) is 0 Å². The zero-order chi connectivity index (χ0) is 19.1. The predicted octanol–water partition coefficient (Wildman–Crippen LogP) is -2.61. The van der Waals surface area contributed by atoms with Gasteiger partial charge in [-0.25, -0.2) is 0 Å². The summed E-state index contributed by atoms with van der Waals surface area (Å²) >= 11 is 0. The second kappa shape index (κ2) is 10.7. The standard InChI is InChI=1S/C19H26N4O3.ClH/c1-12-17(23-18(25)13(2)22-12)5-3-4-10-21-19(26)16(20)11-14-6-8-15(24)9-7-14;/h6-9,16,24H,3-5,10-11,20H2,1-2H3,(H,21,26)(H,23,25);1H/t16-;/m0./s1. The number of nitrogens with zero attached hydrogens (tertiary/aromatic N) is 1. The molecule has 8 heteroatoms. The van der Waals surface area contributed by atoms with E-state index in [1.165, 1.54) is 0 Å². The number of quaternary nitrogens is 1. The highest BCUT2D eigenvalue weighted by Gasteiger charge is 2.17. The van der Waals surface area contributed by atoms with E-state index in [9.17, 15) is 14.7 Å². The maximum Gasteiger partial charge on any atom is 0.278 e.